The van der Waals surface area contributed by atoms with Crippen molar-refractivity contribution in [2.75, 3.05) is 10.8 Å². The third-order valence-corrected chi connectivity index (χ3v) is 8.46. The number of hydrogen-bond acceptors (Lipinski definition) is 4. The van der Waals surface area contributed by atoms with Gasteiger partial charge in [0.1, 0.15) is 18.4 Å². The minimum absolute atomic E-state index is 0.0114. The number of rotatable bonds is 10. The van der Waals surface area contributed by atoms with Gasteiger partial charge in [-0.2, -0.15) is 0 Å². The van der Waals surface area contributed by atoms with Gasteiger partial charge in [0.15, 0.2) is 0 Å². The Kier molecular flexibility index (Phi) is 9.97. The van der Waals surface area contributed by atoms with Crippen molar-refractivity contribution in [3.8, 4) is 0 Å². The fourth-order valence-electron chi connectivity index (χ4n) is 4.23. The van der Waals surface area contributed by atoms with Crippen molar-refractivity contribution in [2.24, 2.45) is 0 Å². The summed E-state index contributed by atoms with van der Waals surface area (Å²) in [5.74, 6) is -1.15. The lowest BCUT2D eigenvalue weighted by Crippen LogP contribution is -2.54. The molecule has 0 saturated carbocycles. The maximum Gasteiger partial charge on any atom is 0.264 e. The van der Waals surface area contributed by atoms with E-state index in [1.807, 2.05) is 53.7 Å². The van der Waals surface area contributed by atoms with Crippen LogP contribution in [0, 0.1) is 12.7 Å². The molecule has 7 nitrogen and oxygen atoms in total. The molecule has 3 aromatic carbocycles. The van der Waals surface area contributed by atoms with E-state index in [9.17, 15) is 22.4 Å². The predicted molar refractivity (Wildman–Crippen MR) is 161 cm³/mol. The number of halogens is 1. The number of benzene rings is 3. The van der Waals surface area contributed by atoms with Gasteiger partial charge in [-0.1, -0.05) is 55.8 Å². The van der Waals surface area contributed by atoms with Crippen LogP contribution in [0.1, 0.15) is 64.2 Å². The van der Waals surface area contributed by atoms with E-state index in [0.717, 1.165) is 15.4 Å². The lowest BCUT2D eigenvalue weighted by atomic mass is 10.0. The molecule has 1 unspecified atom stereocenters. The van der Waals surface area contributed by atoms with Gasteiger partial charge in [-0.15, -0.1) is 0 Å². The summed E-state index contributed by atoms with van der Waals surface area (Å²) in [6, 6.07) is 18.2. The Bertz CT molecular complexity index is 1450. The Balaban J connectivity index is 2.05. The van der Waals surface area contributed by atoms with E-state index in [4.69, 9.17) is 0 Å². The fourth-order valence-corrected chi connectivity index (χ4v) is 5.65. The molecule has 0 aliphatic rings. The number of hydrogen-bond donors (Lipinski definition) is 1. The summed E-state index contributed by atoms with van der Waals surface area (Å²) >= 11 is 0. The highest BCUT2D eigenvalue weighted by atomic mass is 32.2. The van der Waals surface area contributed by atoms with Crippen molar-refractivity contribution in [2.45, 2.75) is 77.4 Å². The van der Waals surface area contributed by atoms with Gasteiger partial charge < -0.3 is 10.2 Å². The van der Waals surface area contributed by atoms with E-state index in [1.54, 1.807) is 31.2 Å². The zero-order valence-electron chi connectivity index (χ0n) is 24.8. The topological polar surface area (TPSA) is 86.8 Å². The van der Waals surface area contributed by atoms with E-state index in [0.29, 0.717) is 11.3 Å². The molecule has 0 fully saturated rings. The summed E-state index contributed by atoms with van der Waals surface area (Å²) in [5.41, 5.74) is 2.31. The summed E-state index contributed by atoms with van der Waals surface area (Å²) < 4.78 is 42.6. The monoisotopic (exact) mass is 581 g/mol. The van der Waals surface area contributed by atoms with Gasteiger partial charge in [0.25, 0.3) is 10.0 Å². The number of anilines is 1. The molecule has 0 aromatic heterocycles. The number of sulfonamides is 1. The second kappa shape index (κ2) is 12.9. The quantitative estimate of drug-likeness (QED) is 0.329. The van der Waals surface area contributed by atoms with Crippen LogP contribution in [0.15, 0.2) is 77.7 Å². The zero-order chi connectivity index (χ0) is 30.5. The van der Waals surface area contributed by atoms with Crippen LogP contribution >= 0.6 is 0 Å². The van der Waals surface area contributed by atoms with Crippen molar-refractivity contribution in [3.05, 3.63) is 95.3 Å². The second-order valence-corrected chi connectivity index (χ2v) is 13.5. The number of carbonyl (C=O) groups is 2. The Morgan fingerprint density at radius 3 is 1.95 bits per heavy atom. The van der Waals surface area contributed by atoms with E-state index < -0.39 is 39.9 Å². The second-order valence-electron chi connectivity index (χ2n) is 11.6. The Hall–Kier alpha value is -3.72. The van der Waals surface area contributed by atoms with Gasteiger partial charge in [-0.3, -0.25) is 13.9 Å². The molecule has 0 heterocycles. The van der Waals surface area contributed by atoms with Crippen molar-refractivity contribution in [1.82, 2.24) is 10.2 Å². The summed E-state index contributed by atoms with van der Waals surface area (Å²) in [4.78, 5) is 28.5. The van der Waals surface area contributed by atoms with E-state index in [1.165, 1.54) is 41.3 Å². The SMILES string of the molecule is Cc1ccc(S(=O)(=O)N(CC(=O)N(Cc2ccc(F)cc2)C(C)C(=O)NC(C)(C)C)c2ccc(C(C)C)cc2)cc1. The highest BCUT2D eigenvalue weighted by Crippen LogP contribution is 2.27. The molecule has 41 heavy (non-hydrogen) atoms. The molecule has 0 bridgehead atoms. The van der Waals surface area contributed by atoms with Gasteiger partial charge in [-0.25, -0.2) is 12.8 Å². The lowest BCUT2D eigenvalue weighted by molar-refractivity contribution is -0.140. The first-order chi connectivity index (χ1) is 19.1. The van der Waals surface area contributed by atoms with Gasteiger partial charge in [0, 0.05) is 12.1 Å². The summed E-state index contributed by atoms with van der Waals surface area (Å²) in [5, 5.41) is 2.89. The molecule has 0 spiro atoms. The van der Waals surface area contributed by atoms with Gasteiger partial charge in [0.05, 0.1) is 10.6 Å². The molecule has 3 rings (SSSR count). The number of aryl methyl sites for hydroxylation is 1. The van der Waals surface area contributed by atoms with Crippen LogP contribution in [0.3, 0.4) is 0 Å². The standard InChI is InChI=1S/C32H40FN3O4S/c1-22(2)26-12-16-28(17-13-26)36(41(39,40)29-18-8-23(3)9-19-29)21-30(37)35(20-25-10-14-27(33)15-11-25)24(4)31(38)34-32(5,6)7/h8-19,22,24H,20-21H2,1-7H3,(H,34,38). The smallest absolute Gasteiger partial charge is 0.264 e. The van der Waals surface area contributed by atoms with E-state index >= 15 is 0 Å². The maximum absolute atomic E-state index is 14.0. The molecule has 9 heteroatoms. The number of amides is 2. The minimum atomic E-state index is -4.15. The lowest BCUT2D eigenvalue weighted by Gasteiger charge is -2.33. The zero-order valence-corrected chi connectivity index (χ0v) is 25.6. The van der Waals surface area contributed by atoms with Crippen LogP contribution in [0.2, 0.25) is 0 Å². The van der Waals surface area contributed by atoms with E-state index in [-0.39, 0.29) is 23.3 Å². The van der Waals surface area contributed by atoms with Crippen LogP contribution in [0.5, 0.6) is 0 Å². The van der Waals surface area contributed by atoms with Gasteiger partial charge in [0.2, 0.25) is 11.8 Å². The molecular formula is C32H40FN3O4S. The van der Waals surface area contributed by atoms with Crippen molar-refractivity contribution in [3.63, 3.8) is 0 Å². The number of carbonyl (C=O) groups excluding carboxylic acids is 2. The molecule has 1 N–H and O–H groups in total. The number of nitrogens with one attached hydrogen (secondary N) is 1. The molecule has 0 aliphatic heterocycles. The molecule has 3 aromatic rings. The number of nitrogens with zero attached hydrogens (tertiary/aromatic N) is 2. The van der Waals surface area contributed by atoms with Gasteiger partial charge in [-0.05, 0) is 88.1 Å². The maximum atomic E-state index is 14.0. The summed E-state index contributed by atoms with van der Waals surface area (Å²) in [6.07, 6.45) is 0. The molecule has 0 radical (unpaired) electrons. The Morgan fingerprint density at radius 2 is 1.44 bits per heavy atom. The normalized spacial score (nSPS) is 12.6. The van der Waals surface area contributed by atoms with E-state index in [2.05, 4.69) is 5.32 Å². The predicted octanol–water partition coefficient (Wildman–Crippen LogP) is 5.78. The first-order valence-corrected chi connectivity index (χ1v) is 15.1. The molecule has 1 atom stereocenters. The highest BCUT2D eigenvalue weighted by Gasteiger charge is 2.33. The van der Waals surface area contributed by atoms with Crippen molar-refractivity contribution >= 4 is 27.5 Å². The fraction of sp³-hybridized carbons (Fsp3) is 0.375. The van der Waals surface area contributed by atoms with Crippen LogP contribution in [0.4, 0.5) is 10.1 Å². The Morgan fingerprint density at radius 1 is 0.878 bits per heavy atom. The van der Waals surface area contributed by atoms with Crippen LogP contribution < -0.4 is 9.62 Å². The minimum Gasteiger partial charge on any atom is -0.350 e. The van der Waals surface area contributed by atoms with Gasteiger partial charge >= 0.3 is 0 Å². The van der Waals surface area contributed by atoms with Crippen LogP contribution in [-0.4, -0.2) is 43.3 Å². The molecule has 0 saturated heterocycles. The average Bonchev–Trinajstić information content (AvgIpc) is 2.90. The third-order valence-electron chi connectivity index (χ3n) is 6.67. The Labute approximate surface area is 243 Å². The molecule has 220 valence electrons. The first-order valence-electron chi connectivity index (χ1n) is 13.6. The van der Waals surface area contributed by atoms with Crippen LogP contribution in [-0.2, 0) is 26.2 Å². The molecule has 0 aliphatic carbocycles. The molecular weight excluding hydrogens is 541 g/mol. The highest BCUT2D eigenvalue weighted by molar-refractivity contribution is 7.92. The summed E-state index contributed by atoms with van der Waals surface area (Å²) in [6.45, 7) is 12.5. The third kappa shape index (κ3) is 8.39. The first kappa shape index (κ1) is 31.8. The van der Waals surface area contributed by atoms with Crippen molar-refractivity contribution < 1.29 is 22.4 Å². The summed E-state index contributed by atoms with van der Waals surface area (Å²) in [7, 11) is -4.15. The van der Waals surface area contributed by atoms with Crippen molar-refractivity contribution in [1.29, 1.82) is 0 Å². The van der Waals surface area contributed by atoms with Crippen LogP contribution in [0.25, 0.3) is 0 Å². The average molecular weight is 582 g/mol. The largest absolute Gasteiger partial charge is 0.350 e. The molecule has 2 amide bonds.